The van der Waals surface area contributed by atoms with E-state index < -0.39 is 0 Å². The smallest absolute Gasteiger partial charge is 0.321 e. The number of urea groups is 1. The van der Waals surface area contributed by atoms with Gasteiger partial charge in [-0.2, -0.15) is 0 Å². The van der Waals surface area contributed by atoms with Gasteiger partial charge in [-0.25, -0.2) is 4.79 Å². The Morgan fingerprint density at radius 2 is 1.86 bits per heavy atom. The van der Waals surface area contributed by atoms with E-state index in [0.29, 0.717) is 5.92 Å². The molecule has 4 rings (SSSR count). The maximum Gasteiger partial charge on any atom is 0.321 e. The molecule has 1 atom stereocenters. The van der Waals surface area contributed by atoms with Crippen LogP contribution >= 0.6 is 0 Å². The lowest BCUT2D eigenvalue weighted by atomic mass is 9.95. The van der Waals surface area contributed by atoms with Gasteiger partial charge in [-0.3, -0.25) is 4.90 Å². The topological polar surface area (TPSA) is 35.6 Å². The molecule has 4 heteroatoms. The molecule has 0 radical (unpaired) electrons. The molecule has 1 N–H and O–H groups in total. The molecule has 2 amide bonds. The second-order valence-corrected chi connectivity index (χ2v) is 8.19. The highest BCUT2D eigenvalue weighted by atomic mass is 16.2. The summed E-state index contributed by atoms with van der Waals surface area (Å²) in [7, 11) is 0. The molecule has 2 aromatic rings. The molecule has 2 aliphatic heterocycles. The first-order chi connectivity index (χ1) is 13.7. The zero-order chi connectivity index (χ0) is 19.3. The molecular weight excluding hydrogens is 346 g/mol. The van der Waals surface area contributed by atoms with Crippen molar-refractivity contribution in [2.24, 2.45) is 5.92 Å². The van der Waals surface area contributed by atoms with Gasteiger partial charge in [-0.1, -0.05) is 43.3 Å². The third kappa shape index (κ3) is 4.56. The molecule has 0 bridgehead atoms. The molecular formula is C24H31N3O. The van der Waals surface area contributed by atoms with E-state index in [9.17, 15) is 4.79 Å². The molecule has 1 fully saturated rings. The standard InChI is InChI=1S/C24H31N3O/c1-2-19-9-11-23(12-10-19)25-24(28)27-14-5-6-20(17-27)16-26-15-13-21-7-3-4-8-22(21)18-26/h3-4,7-12,20H,2,5-6,13-18H2,1H3,(H,25,28). The maximum absolute atomic E-state index is 12.7. The third-order valence-electron chi connectivity index (χ3n) is 6.15. The van der Waals surface area contributed by atoms with Crippen LogP contribution in [0.25, 0.3) is 0 Å². The molecule has 1 unspecified atom stereocenters. The van der Waals surface area contributed by atoms with Crippen LogP contribution in [0.2, 0.25) is 0 Å². The van der Waals surface area contributed by atoms with Crippen molar-refractivity contribution < 1.29 is 4.79 Å². The zero-order valence-electron chi connectivity index (χ0n) is 16.9. The van der Waals surface area contributed by atoms with Gasteiger partial charge in [0.1, 0.15) is 0 Å². The van der Waals surface area contributed by atoms with Crippen molar-refractivity contribution in [3.05, 3.63) is 65.2 Å². The summed E-state index contributed by atoms with van der Waals surface area (Å²) in [6, 6.07) is 17.0. The van der Waals surface area contributed by atoms with Gasteiger partial charge in [0.15, 0.2) is 0 Å². The van der Waals surface area contributed by atoms with E-state index in [1.54, 1.807) is 0 Å². The molecule has 148 valence electrons. The second-order valence-electron chi connectivity index (χ2n) is 8.19. The average Bonchev–Trinajstić information content (AvgIpc) is 2.74. The number of hydrogen-bond donors (Lipinski definition) is 1. The lowest BCUT2D eigenvalue weighted by Gasteiger charge is -2.37. The van der Waals surface area contributed by atoms with Crippen molar-refractivity contribution in [3.8, 4) is 0 Å². The van der Waals surface area contributed by atoms with Crippen molar-refractivity contribution in [3.63, 3.8) is 0 Å². The van der Waals surface area contributed by atoms with Crippen LogP contribution in [0.1, 0.15) is 36.5 Å². The normalized spacial score (nSPS) is 19.9. The van der Waals surface area contributed by atoms with Crippen LogP contribution < -0.4 is 5.32 Å². The lowest BCUT2D eigenvalue weighted by molar-refractivity contribution is 0.140. The summed E-state index contributed by atoms with van der Waals surface area (Å²) in [4.78, 5) is 17.3. The van der Waals surface area contributed by atoms with Gasteiger partial charge < -0.3 is 10.2 Å². The minimum Gasteiger partial charge on any atom is -0.324 e. The van der Waals surface area contributed by atoms with E-state index in [1.807, 2.05) is 17.0 Å². The largest absolute Gasteiger partial charge is 0.324 e. The van der Waals surface area contributed by atoms with E-state index in [2.05, 4.69) is 53.5 Å². The van der Waals surface area contributed by atoms with Crippen molar-refractivity contribution in [2.75, 3.05) is 31.5 Å². The Bertz CT molecular complexity index is 802. The fraction of sp³-hybridized carbons (Fsp3) is 0.458. The average molecular weight is 378 g/mol. The first-order valence-corrected chi connectivity index (χ1v) is 10.7. The number of nitrogens with zero attached hydrogens (tertiary/aromatic N) is 2. The monoisotopic (exact) mass is 377 g/mol. The number of rotatable bonds is 4. The molecule has 28 heavy (non-hydrogen) atoms. The summed E-state index contributed by atoms with van der Waals surface area (Å²) in [6.07, 6.45) is 4.47. The highest BCUT2D eigenvalue weighted by Gasteiger charge is 2.26. The number of nitrogens with one attached hydrogen (secondary N) is 1. The summed E-state index contributed by atoms with van der Waals surface area (Å²) in [5.41, 5.74) is 5.14. The zero-order valence-corrected chi connectivity index (χ0v) is 16.9. The summed E-state index contributed by atoms with van der Waals surface area (Å²) < 4.78 is 0. The fourth-order valence-corrected chi connectivity index (χ4v) is 4.50. The molecule has 4 nitrogen and oxygen atoms in total. The van der Waals surface area contributed by atoms with E-state index in [1.165, 1.54) is 23.1 Å². The second kappa shape index (κ2) is 8.78. The minimum absolute atomic E-state index is 0.0398. The Balaban J connectivity index is 1.31. The van der Waals surface area contributed by atoms with Crippen LogP contribution in [0, 0.1) is 5.92 Å². The summed E-state index contributed by atoms with van der Waals surface area (Å²) >= 11 is 0. The van der Waals surface area contributed by atoms with Gasteiger partial charge in [0.25, 0.3) is 0 Å². The van der Waals surface area contributed by atoms with Crippen molar-refractivity contribution in [1.29, 1.82) is 0 Å². The van der Waals surface area contributed by atoms with Crippen molar-refractivity contribution >= 4 is 11.7 Å². The molecule has 2 aliphatic rings. The quantitative estimate of drug-likeness (QED) is 0.848. The number of hydrogen-bond acceptors (Lipinski definition) is 2. The Kier molecular flexibility index (Phi) is 5.96. The van der Waals surface area contributed by atoms with Crippen molar-refractivity contribution in [2.45, 2.75) is 39.2 Å². The fourth-order valence-electron chi connectivity index (χ4n) is 4.50. The van der Waals surface area contributed by atoms with Gasteiger partial charge >= 0.3 is 6.03 Å². The van der Waals surface area contributed by atoms with E-state index in [0.717, 1.165) is 57.7 Å². The molecule has 0 spiro atoms. The van der Waals surface area contributed by atoms with E-state index in [4.69, 9.17) is 0 Å². The van der Waals surface area contributed by atoms with Gasteiger partial charge in [0, 0.05) is 38.4 Å². The van der Waals surface area contributed by atoms with Crippen LogP contribution in [-0.4, -0.2) is 42.0 Å². The molecule has 0 aliphatic carbocycles. The Labute approximate surface area is 168 Å². The first-order valence-electron chi connectivity index (χ1n) is 10.7. The van der Waals surface area contributed by atoms with Crippen LogP contribution in [0.4, 0.5) is 10.5 Å². The Morgan fingerprint density at radius 1 is 1.07 bits per heavy atom. The number of likely N-dealkylation sites (tertiary alicyclic amines) is 1. The lowest BCUT2D eigenvalue weighted by Crippen LogP contribution is -2.46. The van der Waals surface area contributed by atoms with Gasteiger partial charge in [-0.15, -0.1) is 0 Å². The number of amides is 2. The molecule has 2 aromatic carbocycles. The number of carbonyl (C=O) groups excluding carboxylic acids is 1. The van der Waals surface area contributed by atoms with Gasteiger partial charge in [0.2, 0.25) is 0 Å². The third-order valence-corrected chi connectivity index (χ3v) is 6.15. The minimum atomic E-state index is 0.0398. The summed E-state index contributed by atoms with van der Waals surface area (Å²) in [5, 5.41) is 3.07. The Hall–Kier alpha value is -2.33. The maximum atomic E-state index is 12.7. The highest BCUT2D eigenvalue weighted by Crippen LogP contribution is 2.23. The van der Waals surface area contributed by atoms with Crippen LogP contribution in [0.15, 0.2) is 48.5 Å². The number of benzene rings is 2. The number of piperidine rings is 1. The molecule has 2 heterocycles. The van der Waals surface area contributed by atoms with Crippen molar-refractivity contribution in [1.82, 2.24) is 9.80 Å². The summed E-state index contributed by atoms with van der Waals surface area (Å²) in [6.45, 7) is 7.12. The van der Waals surface area contributed by atoms with Gasteiger partial charge in [0.05, 0.1) is 0 Å². The predicted octanol–water partition coefficient (Wildman–Crippen LogP) is 4.55. The molecule has 1 saturated heterocycles. The van der Waals surface area contributed by atoms with Crippen LogP contribution in [0.5, 0.6) is 0 Å². The SMILES string of the molecule is CCc1ccc(NC(=O)N2CCCC(CN3CCc4ccccc4C3)C2)cc1. The van der Waals surface area contributed by atoms with E-state index >= 15 is 0 Å². The molecule has 0 saturated carbocycles. The predicted molar refractivity (Wildman–Crippen MR) is 115 cm³/mol. The number of fused-ring (bicyclic) bond motifs is 1. The van der Waals surface area contributed by atoms with Gasteiger partial charge in [-0.05, 0) is 60.4 Å². The highest BCUT2D eigenvalue weighted by molar-refractivity contribution is 5.89. The number of aryl methyl sites for hydroxylation is 1. The first kappa shape index (κ1) is 19.0. The van der Waals surface area contributed by atoms with E-state index in [-0.39, 0.29) is 6.03 Å². The Morgan fingerprint density at radius 3 is 2.64 bits per heavy atom. The molecule has 0 aromatic heterocycles. The summed E-state index contributed by atoms with van der Waals surface area (Å²) in [5.74, 6) is 0.562. The number of carbonyl (C=O) groups is 1. The number of anilines is 1. The van der Waals surface area contributed by atoms with Crippen LogP contribution in [0.3, 0.4) is 0 Å². The van der Waals surface area contributed by atoms with Crippen LogP contribution in [-0.2, 0) is 19.4 Å².